The molecule has 0 aromatic heterocycles. The lowest BCUT2D eigenvalue weighted by molar-refractivity contribution is 0.108. The minimum Gasteiger partial charge on any atom is -0.276 e. The van der Waals surface area contributed by atoms with Crippen LogP contribution in [0.4, 0.5) is 0 Å². The first-order valence-electron chi connectivity index (χ1n) is 4.38. The lowest BCUT2D eigenvalue weighted by atomic mass is 9.97. The summed E-state index contributed by atoms with van der Waals surface area (Å²) in [4.78, 5) is 10.9. The number of rotatable bonds is 3. The maximum atomic E-state index is 10.9. The molecular formula is C11H10ClNO. The summed E-state index contributed by atoms with van der Waals surface area (Å²) in [5, 5.41) is 8.35. The zero-order chi connectivity index (χ0) is 10.6. The molecule has 14 heavy (non-hydrogen) atoms. The molecule has 1 aromatic rings. The van der Waals surface area contributed by atoms with Crippen molar-refractivity contribution in [2.45, 2.75) is 19.3 Å². The molecule has 3 heteroatoms. The van der Waals surface area contributed by atoms with Crippen LogP contribution >= 0.6 is 11.6 Å². The van der Waals surface area contributed by atoms with Crippen molar-refractivity contribution in [3.05, 3.63) is 35.4 Å². The van der Waals surface area contributed by atoms with Gasteiger partial charge in [-0.2, -0.15) is 5.26 Å². The fourth-order valence-electron chi connectivity index (χ4n) is 1.28. The van der Waals surface area contributed by atoms with E-state index in [1.54, 1.807) is 18.2 Å². The van der Waals surface area contributed by atoms with Crippen LogP contribution in [0.2, 0.25) is 0 Å². The van der Waals surface area contributed by atoms with Crippen LogP contribution in [0.15, 0.2) is 24.3 Å². The zero-order valence-corrected chi connectivity index (χ0v) is 8.58. The summed E-state index contributed by atoms with van der Waals surface area (Å²) in [6.45, 7) is 1.93. The number of nitriles is 1. The Bertz CT molecular complexity index is 381. The summed E-state index contributed by atoms with van der Waals surface area (Å²) in [5.74, 6) is -0.161. The third kappa shape index (κ3) is 2.34. The maximum Gasteiger partial charge on any atom is 0.252 e. The molecule has 0 saturated carbocycles. The molecule has 0 aliphatic carbocycles. The molecule has 0 aliphatic rings. The highest BCUT2D eigenvalue weighted by Crippen LogP contribution is 2.20. The molecular weight excluding hydrogens is 198 g/mol. The van der Waals surface area contributed by atoms with Crippen molar-refractivity contribution in [3.8, 4) is 6.07 Å². The molecule has 2 nitrogen and oxygen atoms in total. The smallest absolute Gasteiger partial charge is 0.252 e. The predicted molar refractivity (Wildman–Crippen MR) is 55.3 cm³/mol. The van der Waals surface area contributed by atoms with Gasteiger partial charge in [0.15, 0.2) is 0 Å². The van der Waals surface area contributed by atoms with E-state index in [9.17, 15) is 4.79 Å². The SMILES string of the molecule is CC[C@H](C#N)c1cccc(C(=O)Cl)c1. The van der Waals surface area contributed by atoms with Gasteiger partial charge in [0.05, 0.1) is 12.0 Å². The molecule has 0 amide bonds. The second-order valence-electron chi connectivity index (χ2n) is 2.99. The Morgan fingerprint density at radius 3 is 2.86 bits per heavy atom. The van der Waals surface area contributed by atoms with Crippen LogP contribution in [0.5, 0.6) is 0 Å². The van der Waals surface area contributed by atoms with Gasteiger partial charge >= 0.3 is 0 Å². The summed E-state index contributed by atoms with van der Waals surface area (Å²) in [7, 11) is 0. The van der Waals surface area contributed by atoms with Crippen LogP contribution in [0, 0.1) is 11.3 Å². The van der Waals surface area contributed by atoms with Gasteiger partial charge in [-0.25, -0.2) is 0 Å². The molecule has 0 unspecified atom stereocenters. The number of benzene rings is 1. The van der Waals surface area contributed by atoms with Gasteiger partial charge in [-0.05, 0) is 29.7 Å². The Hall–Kier alpha value is -1.33. The van der Waals surface area contributed by atoms with Crippen LogP contribution < -0.4 is 0 Å². The van der Waals surface area contributed by atoms with E-state index in [0.717, 1.165) is 12.0 Å². The lowest BCUT2D eigenvalue weighted by Crippen LogP contribution is -1.96. The molecule has 0 spiro atoms. The number of nitrogens with zero attached hydrogens (tertiary/aromatic N) is 1. The summed E-state index contributed by atoms with van der Waals surface area (Å²) >= 11 is 5.34. The predicted octanol–water partition coefficient (Wildman–Crippen LogP) is 3.08. The first-order chi connectivity index (χ1) is 6.69. The van der Waals surface area contributed by atoms with Crippen molar-refractivity contribution in [3.63, 3.8) is 0 Å². The third-order valence-electron chi connectivity index (χ3n) is 2.08. The monoisotopic (exact) mass is 207 g/mol. The lowest BCUT2D eigenvalue weighted by Gasteiger charge is -2.06. The average Bonchev–Trinajstić information content (AvgIpc) is 2.20. The van der Waals surface area contributed by atoms with Crippen LogP contribution in [0.1, 0.15) is 35.2 Å². The van der Waals surface area contributed by atoms with Gasteiger partial charge in [-0.3, -0.25) is 4.79 Å². The summed E-state index contributed by atoms with van der Waals surface area (Å²) < 4.78 is 0. The van der Waals surface area contributed by atoms with Gasteiger partial charge in [0.2, 0.25) is 0 Å². The molecule has 1 rings (SSSR count). The van der Waals surface area contributed by atoms with Crippen LogP contribution in [0.3, 0.4) is 0 Å². The van der Waals surface area contributed by atoms with E-state index in [0.29, 0.717) is 5.56 Å². The van der Waals surface area contributed by atoms with E-state index in [1.807, 2.05) is 13.0 Å². The van der Waals surface area contributed by atoms with E-state index < -0.39 is 5.24 Å². The fourth-order valence-corrected chi connectivity index (χ4v) is 1.40. The van der Waals surface area contributed by atoms with Gasteiger partial charge in [0.25, 0.3) is 5.24 Å². The van der Waals surface area contributed by atoms with Gasteiger partial charge in [-0.1, -0.05) is 25.1 Å². The molecule has 0 N–H and O–H groups in total. The topological polar surface area (TPSA) is 40.9 Å². The first kappa shape index (κ1) is 10.7. The van der Waals surface area contributed by atoms with Gasteiger partial charge in [0, 0.05) is 5.56 Å². The molecule has 0 saturated heterocycles. The summed E-state index contributed by atoms with van der Waals surface area (Å²) in [6, 6.07) is 9.07. The molecule has 72 valence electrons. The third-order valence-corrected chi connectivity index (χ3v) is 2.30. The Labute approximate surface area is 88.1 Å². The standard InChI is InChI=1S/C11H10ClNO/c1-2-8(7-13)9-4-3-5-10(6-9)11(12)14/h3-6,8H,2H2,1H3/t8-/m1/s1. The van der Waals surface area contributed by atoms with E-state index in [4.69, 9.17) is 16.9 Å². The minimum absolute atomic E-state index is 0.161. The quantitative estimate of drug-likeness (QED) is 0.715. The van der Waals surface area contributed by atoms with Gasteiger partial charge in [-0.15, -0.1) is 0 Å². The number of hydrogen-bond donors (Lipinski definition) is 0. The van der Waals surface area contributed by atoms with Crippen LogP contribution in [0.25, 0.3) is 0 Å². The van der Waals surface area contributed by atoms with Crippen LogP contribution in [-0.4, -0.2) is 5.24 Å². The molecule has 1 atom stereocenters. The normalized spacial score (nSPS) is 11.8. The highest BCUT2D eigenvalue weighted by atomic mass is 35.5. The van der Waals surface area contributed by atoms with E-state index in [-0.39, 0.29) is 5.92 Å². The molecule has 0 fully saturated rings. The fraction of sp³-hybridized carbons (Fsp3) is 0.273. The van der Waals surface area contributed by atoms with Crippen molar-refractivity contribution in [1.82, 2.24) is 0 Å². The van der Waals surface area contributed by atoms with Crippen molar-refractivity contribution in [2.24, 2.45) is 0 Å². The Morgan fingerprint density at radius 1 is 1.64 bits per heavy atom. The highest BCUT2D eigenvalue weighted by molar-refractivity contribution is 6.67. The van der Waals surface area contributed by atoms with Gasteiger partial charge < -0.3 is 0 Å². The molecule has 0 bridgehead atoms. The van der Waals surface area contributed by atoms with Crippen LogP contribution in [-0.2, 0) is 0 Å². The molecule has 0 aliphatic heterocycles. The second-order valence-corrected chi connectivity index (χ2v) is 3.33. The average molecular weight is 208 g/mol. The summed E-state index contributed by atoms with van der Waals surface area (Å²) in [5.41, 5.74) is 1.29. The number of carbonyl (C=O) groups excluding carboxylic acids is 1. The zero-order valence-electron chi connectivity index (χ0n) is 7.83. The van der Waals surface area contributed by atoms with Crippen molar-refractivity contribution >= 4 is 16.8 Å². The van der Waals surface area contributed by atoms with Crippen molar-refractivity contribution < 1.29 is 4.79 Å². The Morgan fingerprint density at radius 2 is 2.36 bits per heavy atom. The summed E-state index contributed by atoms with van der Waals surface area (Å²) in [6.07, 6.45) is 0.733. The second kappa shape index (κ2) is 4.78. The minimum atomic E-state index is -0.486. The van der Waals surface area contributed by atoms with Crippen molar-refractivity contribution in [2.75, 3.05) is 0 Å². The number of halogens is 1. The largest absolute Gasteiger partial charge is 0.276 e. The Kier molecular flexibility index (Phi) is 3.67. The number of carbonyl (C=O) groups is 1. The first-order valence-corrected chi connectivity index (χ1v) is 4.76. The van der Waals surface area contributed by atoms with E-state index in [2.05, 4.69) is 6.07 Å². The molecule has 0 heterocycles. The number of hydrogen-bond acceptors (Lipinski definition) is 2. The van der Waals surface area contributed by atoms with Crippen molar-refractivity contribution in [1.29, 1.82) is 5.26 Å². The molecule has 0 radical (unpaired) electrons. The van der Waals surface area contributed by atoms with E-state index in [1.165, 1.54) is 0 Å². The van der Waals surface area contributed by atoms with Gasteiger partial charge in [0.1, 0.15) is 0 Å². The highest BCUT2D eigenvalue weighted by Gasteiger charge is 2.09. The maximum absolute atomic E-state index is 10.9. The molecule has 1 aromatic carbocycles. The Balaban J connectivity index is 3.06. The van der Waals surface area contributed by atoms with E-state index >= 15 is 0 Å².